The minimum absolute atomic E-state index is 0.501. The minimum Gasteiger partial charge on any atom is -0.497 e. The van der Waals surface area contributed by atoms with Gasteiger partial charge in [-0.05, 0) is 17.7 Å². The normalized spacial score (nSPS) is 12.5. The van der Waals surface area contributed by atoms with E-state index in [1.165, 1.54) is 11.8 Å². The summed E-state index contributed by atoms with van der Waals surface area (Å²) in [4.78, 5) is 7.73. The number of imidazole rings is 1. The van der Waals surface area contributed by atoms with Crippen LogP contribution < -0.4 is 4.74 Å². The number of H-pyrrole nitrogens is 1. The monoisotopic (exact) mass is 300 g/mol. The number of rotatable bonds is 5. The predicted molar refractivity (Wildman–Crippen MR) is 84.8 cm³/mol. The molecule has 2 aromatic carbocycles. The molecule has 0 aliphatic rings. The fourth-order valence-electron chi connectivity index (χ4n) is 2.09. The number of hydrogen-bond donors (Lipinski definition) is 2. The van der Waals surface area contributed by atoms with E-state index in [-0.39, 0.29) is 0 Å². The summed E-state index contributed by atoms with van der Waals surface area (Å²) in [6.45, 7) is 0. The van der Waals surface area contributed by atoms with Gasteiger partial charge >= 0.3 is 0 Å². The van der Waals surface area contributed by atoms with Crippen LogP contribution in [0.1, 0.15) is 11.7 Å². The Morgan fingerprint density at radius 3 is 2.81 bits per heavy atom. The van der Waals surface area contributed by atoms with Crippen LogP contribution in [0.25, 0.3) is 11.0 Å². The van der Waals surface area contributed by atoms with Crippen molar-refractivity contribution in [2.24, 2.45) is 0 Å². The molecule has 5 heteroatoms. The van der Waals surface area contributed by atoms with Crippen molar-refractivity contribution < 1.29 is 9.84 Å². The molecule has 4 nitrogen and oxygen atoms in total. The van der Waals surface area contributed by atoms with Crippen LogP contribution in [0.4, 0.5) is 0 Å². The number of methoxy groups -OCH3 is 1. The van der Waals surface area contributed by atoms with Crippen molar-refractivity contribution in [2.75, 3.05) is 12.9 Å². The highest BCUT2D eigenvalue weighted by molar-refractivity contribution is 7.99. The molecule has 1 heterocycles. The van der Waals surface area contributed by atoms with Gasteiger partial charge in [-0.1, -0.05) is 42.1 Å². The van der Waals surface area contributed by atoms with Crippen LogP contribution in [-0.4, -0.2) is 27.9 Å². The van der Waals surface area contributed by atoms with Gasteiger partial charge < -0.3 is 14.8 Å². The number of fused-ring (bicyclic) bond motifs is 1. The molecule has 0 unspecified atom stereocenters. The molecule has 0 spiro atoms. The zero-order chi connectivity index (χ0) is 14.7. The fourth-order valence-corrected chi connectivity index (χ4v) is 2.94. The number of benzene rings is 2. The third-order valence-electron chi connectivity index (χ3n) is 3.23. The largest absolute Gasteiger partial charge is 0.497 e. The van der Waals surface area contributed by atoms with Gasteiger partial charge in [-0.25, -0.2) is 4.98 Å². The van der Waals surface area contributed by atoms with Gasteiger partial charge in [0.25, 0.3) is 0 Å². The number of aromatic amines is 1. The van der Waals surface area contributed by atoms with Crippen molar-refractivity contribution in [1.29, 1.82) is 0 Å². The van der Waals surface area contributed by atoms with Crippen LogP contribution in [0.2, 0.25) is 0 Å². The first kappa shape index (κ1) is 14.0. The topological polar surface area (TPSA) is 58.1 Å². The van der Waals surface area contributed by atoms with Gasteiger partial charge in [-0.2, -0.15) is 0 Å². The molecule has 3 aromatic rings. The Balaban J connectivity index is 1.70. The number of ether oxygens (including phenoxy) is 1. The number of aliphatic hydroxyl groups excluding tert-OH is 1. The summed E-state index contributed by atoms with van der Waals surface area (Å²) in [5, 5.41) is 11.0. The van der Waals surface area contributed by atoms with Crippen molar-refractivity contribution in [1.82, 2.24) is 9.97 Å². The van der Waals surface area contributed by atoms with Crippen LogP contribution in [0.15, 0.2) is 53.7 Å². The molecule has 0 aliphatic carbocycles. The predicted octanol–water partition coefficient (Wildman–Crippen LogP) is 3.40. The number of nitrogens with zero attached hydrogens (tertiary/aromatic N) is 1. The van der Waals surface area contributed by atoms with Gasteiger partial charge in [0.2, 0.25) is 0 Å². The quantitative estimate of drug-likeness (QED) is 0.709. The smallest absolute Gasteiger partial charge is 0.166 e. The zero-order valence-electron chi connectivity index (χ0n) is 11.6. The molecular weight excluding hydrogens is 284 g/mol. The lowest BCUT2D eigenvalue weighted by Crippen LogP contribution is -2.00. The van der Waals surface area contributed by atoms with E-state index >= 15 is 0 Å². The summed E-state index contributed by atoms with van der Waals surface area (Å²) in [6, 6.07) is 15.4. The summed E-state index contributed by atoms with van der Waals surface area (Å²) >= 11 is 1.51. The summed E-state index contributed by atoms with van der Waals surface area (Å²) in [7, 11) is 1.64. The van der Waals surface area contributed by atoms with E-state index in [4.69, 9.17) is 4.74 Å². The Labute approximate surface area is 127 Å². The molecule has 0 saturated carbocycles. The molecule has 0 aliphatic heterocycles. The Hall–Kier alpha value is -1.98. The maximum Gasteiger partial charge on any atom is 0.166 e. The van der Waals surface area contributed by atoms with Gasteiger partial charge in [0.05, 0.1) is 24.2 Å². The van der Waals surface area contributed by atoms with Crippen molar-refractivity contribution in [3.8, 4) is 5.75 Å². The molecule has 0 radical (unpaired) electrons. The zero-order valence-corrected chi connectivity index (χ0v) is 12.4. The summed E-state index contributed by atoms with van der Waals surface area (Å²) < 4.78 is 5.19. The first-order valence-corrected chi connectivity index (χ1v) is 7.64. The average Bonchev–Trinajstić information content (AvgIpc) is 2.95. The Bertz CT molecular complexity index is 727. The van der Waals surface area contributed by atoms with E-state index in [1.54, 1.807) is 7.11 Å². The van der Waals surface area contributed by atoms with E-state index in [0.29, 0.717) is 5.75 Å². The minimum atomic E-state index is -0.501. The molecule has 0 saturated heterocycles. The van der Waals surface area contributed by atoms with Crippen molar-refractivity contribution in [3.63, 3.8) is 0 Å². The molecule has 3 rings (SSSR count). The van der Waals surface area contributed by atoms with Gasteiger partial charge in [-0.3, -0.25) is 0 Å². The summed E-state index contributed by atoms with van der Waals surface area (Å²) in [6.07, 6.45) is -0.501. The standard InChI is InChI=1S/C16H16N2O2S/c1-20-12-7-8-13-14(9-12)18-16(17-13)21-10-15(19)11-5-3-2-4-6-11/h2-9,15,19H,10H2,1H3,(H,17,18)/t15-/m1/s1. The second-order valence-corrected chi connectivity index (χ2v) is 5.67. The van der Waals surface area contributed by atoms with Gasteiger partial charge in [-0.15, -0.1) is 0 Å². The fraction of sp³-hybridized carbons (Fsp3) is 0.188. The van der Waals surface area contributed by atoms with Crippen molar-refractivity contribution >= 4 is 22.8 Å². The lowest BCUT2D eigenvalue weighted by Gasteiger charge is -2.08. The highest BCUT2D eigenvalue weighted by atomic mass is 32.2. The van der Waals surface area contributed by atoms with Crippen LogP contribution in [0, 0.1) is 0 Å². The third-order valence-corrected chi connectivity index (χ3v) is 4.18. The number of aliphatic hydroxyl groups is 1. The summed E-state index contributed by atoms with van der Waals surface area (Å²) in [5.74, 6) is 1.35. The highest BCUT2D eigenvalue weighted by Crippen LogP contribution is 2.26. The molecule has 0 bridgehead atoms. The molecular formula is C16H16N2O2S. The first-order valence-electron chi connectivity index (χ1n) is 6.66. The van der Waals surface area contributed by atoms with Gasteiger partial charge in [0, 0.05) is 11.8 Å². The molecule has 0 amide bonds. The van der Waals surface area contributed by atoms with E-state index in [1.807, 2.05) is 48.5 Å². The highest BCUT2D eigenvalue weighted by Gasteiger charge is 2.10. The number of hydrogen-bond acceptors (Lipinski definition) is 4. The average molecular weight is 300 g/mol. The van der Waals surface area contributed by atoms with E-state index in [9.17, 15) is 5.11 Å². The lowest BCUT2D eigenvalue weighted by molar-refractivity contribution is 0.204. The summed E-state index contributed by atoms with van der Waals surface area (Å²) in [5.41, 5.74) is 2.75. The molecule has 108 valence electrons. The van der Waals surface area contributed by atoms with Crippen molar-refractivity contribution in [3.05, 3.63) is 54.1 Å². The number of thioether (sulfide) groups is 1. The van der Waals surface area contributed by atoms with Crippen molar-refractivity contribution in [2.45, 2.75) is 11.3 Å². The van der Waals surface area contributed by atoms with Crippen LogP contribution >= 0.6 is 11.8 Å². The second kappa shape index (κ2) is 6.20. The maximum atomic E-state index is 10.2. The Morgan fingerprint density at radius 2 is 2.05 bits per heavy atom. The molecule has 21 heavy (non-hydrogen) atoms. The lowest BCUT2D eigenvalue weighted by atomic mass is 10.1. The van der Waals surface area contributed by atoms with Gasteiger partial charge in [0.15, 0.2) is 5.16 Å². The van der Waals surface area contributed by atoms with Gasteiger partial charge in [0.1, 0.15) is 5.75 Å². The van der Waals surface area contributed by atoms with Crippen LogP contribution in [-0.2, 0) is 0 Å². The Kier molecular flexibility index (Phi) is 4.13. The van der Waals surface area contributed by atoms with E-state index < -0.39 is 6.10 Å². The van der Waals surface area contributed by atoms with Crippen LogP contribution in [0.3, 0.4) is 0 Å². The number of aromatic nitrogens is 2. The maximum absolute atomic E-state index is 10.2. The Morgan fingerprint density at radius 1 is 1.24 bits per heavy atom. The SMILES string of the molecule is COc1ccc2nc(SC[C@@H](O)c3ccccc3)[nH]c2c1. The molecule has 2 N–H and O–H groups in total. The van der Waals surface area contributed by atoms with E-state index in [2.05, 4.69) is 9.97 Å². The van der Waals surface area contributed by atoms with Crippen LogP contribution in [0.5, 0.6) is 5.75 Å². The number of nitrogens with one attached hydrogen (secondary N) is 1. The molecule has 1 aromatic heterocycles. The molecule has 0 fully saturated rings. The first-order chi connectivity index (χ1) is 10.3. The van der Waals surface area contributed by atoms with E-state index in [0.717, 1.165) is 27.5 Å². The molecule has 1 atom stereocenters. The third kappa shape index (κ3) is 3.20. The second-order valence-electron chi connectivity index (χ2n) is 4.66.